The van der Waals surface area contributed by atoms with Gasteiger partial charge in [-0.25, -0.2) is 5.43 Å². The molecule has 32 heavy (non-hydrogen) atoms. The molecule has 1 amide bonds. The third kappa shape index (κ3) is 5.40. The van der Waals surface area contributed by atoms with Crippen molar-refractivity contribution >= 4 is 29.6 Å². The van der Waals surface area contributed by atoms with Gasteiger partial charge in [0.25, 0.3) is 11.6 Å². The molecule has 11 nitrogen and oxygen atoms in total. The Kier molecular flexibility index (Phi) is 7.39. The topological polar surface area (TPSA) is 134 Å². The van der Waals surface area contributed by atoms with Crippen LogP contribution in [0.25, 0.3) is 11.4 Å². The molecular formula is C20H20N6O5S. The fraction of sp³-hybridized carbons (Fsp3) is 0.200. The zero-order chi connectivity index (χ0) is 23.1. The maximum Gasteiger partial charge on any atom is 0.270 e. The highest BCUT2D eigenvalue weighted by Crippen LogP contribution is 2.25. The van der Waals surface area contributed by atoms with Crippen molar-refractivity contribution in [2.24, 2.45) is 12.1 Å². The predicted molar refractivity (Wildman–Crippen MR) is 119 cm³/mol. The number of carbonyl (C=O) groups excluding carboxylic acids is 1. The van der Waals surface area contributed by atoms with E-state index in [-0.39, 0.29) is 17.3 Å². The fourth-order valence-corrected chi connectivity index (χ4v) is 3.42. The number of amides is 1. The van der Waals surface area contributed by atoms with E-state index in [1.807, 2.05) is 0 Å². The largest absolute Gasteiger partial charge is 0.497 e. The van der Waals surface area contributed by atoms with Gasteiger partial charge < -0.3 is 14.0 Å². The quantitative estimate of drug-likeness (QED) is 0.225. The summed E-state index contributed by atoms with van der Waals surface area (Å²) in [5, 5.41) is 23.6. The molecule has 1 N–H and O–H groups in total. The first kappa shape index (κ1) is 22.7. The second kappa shape index (κ2) is 10.4. The number of nitro benzene ring substituents is 1. The highest BCUT2D eigenvalue weighted by Gasteiger charge is 2.15. The van der Waals surface area contributed by atoms with E-state index in [1.165, 1.54) is 37.2 Å². The Hall–Kier alpha value is -3.93. The van der Waals surface area contributed by atoms with Crippen LogP contribution in [0.1, 0.15) is 5.56 Å². The molecule has 0 atom stereocenters. The van der Waals surface area contributed by atoms with Crippen LogP contribution in [0.15, 0.2) is 52.7 Å². The number of nitro groups is 1. The van der Waals surface area contributed by atoms with Crippen LogP contribution in [-0.2, 0) is 11.8 Å². The molecule has 12 heteroatoms. The van der Waals surface area contributed by atoms with Crippen molar-refractivity contribution in [3.8, 4) is 22.9 Å². The molecule has 3 rings (SSSR count). The van der Waals surface area contributed by atoms with E-state index in [0.29, 0.717) is 33.6 Å². The van der Waals surface area contributed by atoms with Crippen LogP contribution in [0.4, 0.5) is 5.69 Å². The lowest BCUT2D eigenvalue weighted by Crippen LogP contribution is -2.20. The van der Waals surface area contributed by atoms with E-state index in [9.17, 15) is 14.9 Å². The SMILES string of the molecule is COc1ccc(C=NNC(=O)CSc2nnc(-c3cccc([N+](=O)[O-])c3)n2C)c(OC)c1. The number of non-ortho nitro benzene ring substituents is 1. The molecule has 0 spiro atoms. The first-order valence-corrected chi connectivity index (χ1v) is 10.2. The van der Waals surface area contributed by atoms with Crippen LogP contribution in [0.3, 0.4) is 0 Å². The number of thioether (sulfide) groups is 1. The number of rotatable bonds is 9. The fourth-order valence-electron chi connectivity index (χ4n) is 2.71. The molecule has 0 fully saturated rings. The zero-order valence-corrected chi connectivity index (χ0v) is 18.3. The minimum Gasteiger partial charge on any atom is -0.497 e. The van der Waals surface area contributed by atoms with Gasteiger partial charge in [-0.2, -0.15) is 5.10 Å². The second-order valence-corrected chi connectivity index (χ2v) is 7.30. The summed E-state index contributed by atoms with van der Waals surface area (Å²) in [5.41, 5.74) is 3.65. The summed E-state index contributed by atoms with van der Waals surface area (Å²) >= 11 is 1.17. The Morgan fingerprint density at radius 3 is 2.78 bits per heavy atom. The molecule has 1 heterocycles. The average molecular weight is 456 g/mol. The van der Waals surface area contributed by atoms with Crippen LogP contribution >= 0.6 is 11.8 Å². The molecule has 0 saturated carbocycles. The summed E-state index contributed by atoms with van der Waals surface area (Å²) < 4.78 is 12.1. The number of aromatic nitrogens is 3. The lowest BCUT2D eigenvalue weighted by atomic mass is 10.2. The van der Waals surface area contributed by atoms with Crippen molar-refractivity contribution in [1.29, 1.82) is 0 Å². The number of hydrogen-bond acceptors (Lipinski definition) is 9. The minimum absolute atomic E-state index is 0.0366. The van der Waals surface area contributed by atoms with E-state index >= 15 is 0 Å². The number of nitrogens with zero attached hydrogens (tertiary/aromatic N) is 5. The van der Waals surface area contributed by atoms with Crippen molar-refractivity contribution in [2.45, 2.75) is 5.16 Å². The Labute approximate surface area is 187 Å². The maximum absolute atomic E-state index is 12.1. The lowest BCUT2D eigenvalue weighted by Gasteiger charge is -2.07. The number of carbonyl (C=O) groups is 1. The van der Waals surface area contributed by atoms with Crippen molar-refractivity contribution in [2.75, 3.05) is 20.0 Å². The monoisotopic (exact) mass is 456 g/mol. The summed E-state index contributed by atoms with van der Waals surface area (Å²) in [4.78, 5) is 22.7. The maximum atomic E-state index is 12.1. The van der Waals surface area contributed by atoms with Crippen LogP contribution in [-0.4, -0.2) is 51.8 Å². The van der Waals surface area contributed by atoms with Gasteiger partial charge in [-0.05, 0) is 12.1 Å². The van der Waals surface area contributed by atoms with Crippen molar-refractivity contribution < 1.29 is 19.2 Å². The number of hydrogen-bond donors (Lipinski definition) is 1. The van der Waals surface area contributed by atoms with E-state index in [2.05, 4.69) is 20.7 Å². The van der Waals surface area contributed by atoms with Gasteiger partial charge in [0.2, 0.25) is 0 Å². The molecule has 3 aromatic rings. The van der Waals surface area contributed by atoms with Gasteiger partial charge in [-0.15, -0.1) is 10.2 Å². The van der Waals surface area contributed by atoms with Crippen molar-refractivity contribution in [1.82, 2.24) is 20.2 Å². The Bertz CT molecular complexity index is 1160. The van der Waals surface area contributed by atoms with Gasteiger partial charge in [-0.3, -0.25) is 14.9 Å². The average Bonchev–Trinajstić information content (AvgIpc) is 3.18. The van der Waals surface area contributed by atoms with Crippen LogP contribution < -0.4 is 14.9 Å². The Morgan fingerprint density at radius 1 is 1.25 bits per heavy atom. The predicted octanol–water partition coefficient (Wildman–Crippen LogP) is 2.65. The van der Waals surface area contributed by atoms with Crippen LogP contribution in [0.2, 0.25) is 0 Å². The highest BCUT2D eigenvalue weighted by atomic mass is 32.2. The van der Waals surface area contributed by atoms with Crippen molar-refractivity contribution in [3.63, 3.8) is 0 Å². The van der Waals surface area contributed by atoms with Gasteiger partial charge >= 0.3 is 0 Å². The summed E-state index contributed by atoms with van der Waals surface area (Å²) in [6.45, 7) is 0. The van der Waals surface area contributed by atoms with Gasteiger partial charge in [0.1, 0.15) is 11.5 Å². The van der Waals surface area contributed by atoms with Gasteiger partial charge in [-0.1, -0.05) is 23.9 Å². The van der Waals surface area contributed by atoms with Crippen molar-refractivity contribution in [3.05, 3.63) is 58.1 Å². The van der Waals surface area contributed by atoms with E-state index < -0.39 is 4.92 Å². The third-order valence-electron chi connectivity index (χ3n) is 4.32. The first-order chi connectivity index (χ1) is 15.4. The Morgan fingerprint density at radius 2 is 2.06 bits per heavy atom. The molecule has 0 saturated heterocycles. The molecule has 0 bridgehead atoms. The number of benzene rings is 2. The van der Waals surface area contributed by atoms with E-state index in [1.54, 1.807) is 49.1 Å². The molecule has 0 aliphatic carbocycles. The van der Waals surface area contributed by atoms with E-state index in [0.717, 1.165) is 0 Å². The van der Waals surface area contributed by atoms with E-state index in [4.69, 9.17) is 9.47 Å². The molecule has 0 unspecified atom stereocenters. The number of methoxy groups -OCH3 is 2. The summed E-state index contributed by atoms with van der Waals surface area (Å²) in [6, 6.07) is 11.4. The highest BCUT2D eigenvalue weighted by molar-refractivity contribution is 7.99. The molecule has 0 aliphatic rings. The molecular weight excluding hydrogens is 436 g/mol. The first-order valence-electron chi connectivity index (χ1n) is 9.24. The number of nitrogens with one attached hydrogen (secondary N) is 1. The lowest BCUT2D eigenvalue weighted by molar-refractivity contribution is -0.384. The van der Waals surface area contributed by atoms with Gasteiger partial charge in [0.05, 0.1) is 31.1 Å². The second-order valence-electron chi connectivity index (χ2n) is 6.36. The standard InChI is InChI=1S/C20H20N6O5S/c1-25-19(13-5-4-6-15(9-13)26(28)29)23-24-20(25)32-12-18(27)22-21-11-14-7-8-16(30-2)10-17(14)31-3/h4-11H,12H2,1-3H3,(H,22,27). The molecule has 166 valence electrons. The third-order valence-corrected chi connectivity index (χ3v) is 5.34. The summed E-state index contributed by atoms with van der Waals surface area (Å²) in [7, 11) is 4.82. The number of hydrazone groups is 1. The summed E-state index contributed by atoms with van der Waals surface area (Å²) in [6.07, 6.45) is 1.48. The molecule has 0 aliphatic heterocycles. The minimum atomic E-state index is -0.470. The summed E-state index contributed by atoms with van der Waals surface area (Å²) in [5.74, 6) is 1.38. The smallest absolute Gasteiger partial charge is 0.270 e. The number of ether oxygens (including phenoxy) is 2. The molecule has 2 aromatic carbocycles. The zero-order valence-electron chi connectivity index (χ0n) is 17.5. The molecule has 1 aromatic heterocycles. The Balaban J connectivity index is 1.60. The van der Waals surface area contributed by atoms with Gasteiger partial charge in [0, 0.05) is 36.4 Å². The normalized spacial score (nSPS) is 10.8. The van der Waals surface area contributed by atoms with Gasteiger partial charge in [0.15, 0.2) is 11.0 Å². The van der Waals surface area contributed by atoms with Crippen LogP contribution in [0, 0.1) is 10.1 Å². The molecule has 0 radical (unpaired) electrons. The van der Waals surface area contributed by atoms with Crippen LogP contribution in [0.5, 0.6) is 11.5 Å².